The van der Waals surface area contributed by atoms with Crippen LogP contribution in [0, 0.1) is 0 Å². The number of rotatable bonds is 2. The fraction of sp³-hybridized carbons (Fsp3) is 0.667. The van der Waals surface area contributed by atoms with Gasteiger partial charge in [0, 0.05) is 12.4 Å². The maximum Gasteiger partial charge on any atom is 0.0787 e. The van der Waals surface area contributed by atoms with E-state index in [1.807, 2.05) is 6.20 Å². The first-order valence-corrected chi connectivity index (χ1v) is 5.89. The van der Waals surface area contributed by atoms with Gasteiger partial charge in [-0.3, -0.25) is 9.97 Å². The van der Waals surface area contributed by atoms with Crippen LogP contribution >= 0.6 is 0 Å². The number of hydrogen-bond acceptors (Lipinski definition) is 3. The molecule has 1 saturated heterocycles. The summed E-state index contributed by atoms with van der Waals surface area (Å²) in [6.45, 7) is 3.33. The zero-order valence-electron chi connectivity index (χ0n) is 9.37. The van der Waals surface area contributed by atoms with Gasteiger partial charge >= 0.3 is 0 Å². The Morgan fingerprint density at radius 1 is 1.33 bits per heavy atom. The standard InChI is InChI=1S/C12H19N3/c1-2-12(6-4-3-5-7-15-12)11-10-13-8-9-14-11/h8-10,15H,2-7H2,1H3. The van der Waals surface area contributed by atoms with Crippen LogP contribution < -0.4 is 5.32 Å². The Hall–Kier alpha value is -0.960. The first kappa shape index (κ1) is 10.6. The monoisotopic (exact) mass is 205 g/mol. The lowest BCUT2D eigenvalue weighted by Crippen LogP contribution is -2.42. The van der Waals surface area contributed by atoms with Crippen molar-refractivity contribution < 1.29 is 0 Å². The molecule has 82 valence electrons. The van der Waals surface area contributed by atoms with E-state index in [1.165, 1.54) is 25.7 Å². The summed E-state index contributed by atoms with van der Waals surface area (Å²) in [6.07, 6.45) is 11.6. The van der Waals surface area contributed by atoms with Crippen LogP contribution in [0.2, 0.25) is 0 Å². The molecule has 0 amide bonds. The molecule has 2 heterocycles. The summed E-state index contributed by atoms with van der Waals surface area (Å²) in [5.74, 6) is 0. The van der Waals surface area contributed by atoms with Crippen molar-refractivity contribution in [2.24, 2.45) is 0 Å². The number of hydrogen-bond donors (Lipinski definition) is 1. The van der Waals surface area contributed by atoms with E-state index >= 15 is 0 Å². The van der Waals surface area contributed by atoms with E-state index in [0.29, 0.717) is 0 Å². The molecule has 1 N–H and O–H groups in total. The molecule has 1 atom stereocenters. The van der Waals surface area contributed by atoms with Crippen LogP contribution in [0.4, 0.5) is 0 Å². The Balaban J connectivity index is 2.27. The van der Waals surface area contributed by atoms with Gasteiger partial charge in [-0.2, -0.15) is 0 Å². The van der Waals surface area contributed by atoms with Gasteiger partial charge in [-0.1, -0.05) is 19.8 Å². The highest BCUT2D eigenvalue weighted by Gasteiger charge is 2.31. The van der Waals surface area contributed by atoms with Crippen molar-refractivity contribution in [2.45, 2.75) is 44.6 Å². The van der Waals surface area contributed by atoms with Crippen molar-refractivity contribution in [3.63, 3.8) is 0 Å². The van der Waals surface area contributed by atoms with Crippen molar-refractivity contribution in [1.29, 1.82) is 0 Å². The predicted molar refractivity (Wildman–Crippen MR) is 60.5 cm³/mol. The van der Waals surface area contributed by atoms with E-state index in [9.17, 15) is 0 Å². The minimum atomic E-state index is 0.0742. The Labute approximate surface area is 91.3 Å². The fourth-order valence-electron chi connectivity index (χ4n) is 2.39. The summed E-state index contributed by atoms with van der Waals surface area (Å²) >= 11 is 0. The zero-order valence-corrected chi connectivity index (χ0v) is 9.37. The largest absolute Gasteiger partial charge is 0.306 e. The number of nitrogens with one attached hydrogen (secondary N) is 1. The molecule has 0 aromatic carbocycles. The normalized spacial score (nSPS) is 27.3. The molecule has 1 aliphatic heterocycles. The average molecular weight is 205 g/mol. The lowest BCUT2D eigenvalue weighted by molar-refractivity contribution is 0.302. The second-order valence-corrected chi connectivity index (χ2v) is 4.26. The van der Waals surface area contributed by atoms with E-state index in [1.54, 1.807) is 12.4 Å². The second-order valence-electron chi connectivity index (χ2n) is 4.26. The van der Waals surface area contributed by atoms with Crippen LogP contribution in [-0.2, 0) is 5.54 Å². The van der Waals surface area contributed by atoms with E-state index in [2.05, 4.69) is 22.2 Å². The van der Waals surface area contributed by atoms with Crippen molar-refractivity contribution in [3.05, 3.63) is 24.3 Å². The highest BCUT2D eigenvalue weighted by molar-refractivity contribution is 5.12. The van der Waals surface area contributed by atoms with Crippen LogP contribution in [0.15, 0.2) is 18.6 Å². The number of nitrogens with zero attached hydrogens (tertiary/aromatic N) is 2. The maximum atomic E-state index is 4.46. The molecule has 2 rings (SSSR count). The van der Waals surface area contributed by atoms with E-state index in [-0.39, 0.29) is 5.54 Å². The molecule has 1 aliphatic rings. The van der Waals surface area contributed by atoms with Crippen molar-refractivity contribution in [2.75, 3.05) is 6.54 Å². The van der Waals surface area contributed by atoms with E-state index in [0.717, 1.165) is 18.7 Å². The van der Waals surface area contributed by atoms with Gasteiger partial charge in [0.1, 0.15) is 0 Å². The third-order valence-electron chi connectivity index (χ3n) is 3.40. The molecule has 0 bridgehead atoms. The molecular formula is C12H19N3. The molecule has 3 heteroatoms. The fourth-order valence-corrected chi connectivity index (χ4v) is 2.39. The van der Waals surface area contributed by atoms with Gasteiger partial charge in [0.15, 0.2) is 0 Å². The molecule has 1 unspecified atom stereocenters. The van der Waals surface area contributed by atoms with Gasteiger partial charge in [0.05, 0.1) is 17.4 Å². The molecule has 0 saturated carbocycles. The summed E-state index contributed by atoms with van der Waals surface area (Å²) in [7, 11) is 0. The maximum absolute atomic E-state index is 4.46. The molecule has 0 aliphatic carbocycles. The van der Waals surface area contributed by atoms with Crippen LogP contribution in [0.25, 0.3) is 0 Å². The molecular weight excluding hydrogens is 186 g/mol. The SMILES string of the molecule is CCC1(c2cnccn2)CCCCCN1. The highest BCUT2D eigenvalue weighted by atomic mass is 15.0. The smallest absolute Gasteiger partial charge is 0.0787 e. The van der Waals surface area contributed by atoms with Gasteiger partial charge in [0.2, 0.25) is 0 Å². The van der Waals surface area contributed by atoms with Crippen LogP contribution in [-0.4, -0.2) is 16.5 Å². The summed E-state index contributed by atoms with van der Waals surface area (Å²) in [5, 5.41) is 3.66. The molecule has 1 aromatic rings. The van der Waals surface area contributed by atoms with Crippen molar-refractivity contribution >= 4 is 0 Å². The molecule has 1 fully saturated rings. The van der Waals surface area contributed by atoms with Gasteiger partial charge in [-0.05, 0) is 25.8 Å². The van der Waals surface area contributed by atoms with Crippen molar-refractivity contribution in [1.82, 2.24) is 15.3 Å². The molecule has 1 aromatic heterocycles. The third kappa shape index (κ3) is 2.17. The van der Waals surface area contributed by atoms with E-state index < -0.39 is 0 Å². The molecule has 3 nitrogen and oxygen atoms in total. The van der Waals surface area contributed by atoms with Crippen LogP contribution in [0.1, 0.15) is 44.7 Å². The van der Waals surface area contributed by atoms with E-state index in [4.69, 9.17) is 0 Å². The second kappa shape index (κ2) is 4.71. The first-order chi connectivity index (χ1) is 7.37. The van der Waals surface area contributed by atoms with Crippen LogP contribution in [0.5, 0.6) is 0 Å². The minimum Gasteiger partial charge on any atom is -0.306 e. The Morgan fingerprint density at radius 3 is 3.00 bits per heavy atom. The minimum absolute atomic E-state index is 0.0742. The molecule has 15 heavy (non-hydrogen) atoms. The average Bonchev–Trinajstić information content (AvgIpc) is 2.56. The summed E-state index contributed by atoms with van der Waals surface area (Å²) in [5.41, 5.74) is 1.18. The van der Waals surface area contributed by atoms with Gasteiger partial charge in [-0.15, -0.1) is 0 Å². The Morgan fingerprint density at radius 2 is 2.27 bits per heavy atom. The molecule has 0 radical (unpaired) electrons. The Kier molecular flexibility index (Phi) is 3.31. The van der Waals surface area contributed by atoms with Gasteiger partial charge < -0.3 is 5.32 Å². The number of aromatic nitrogens is 2. The topological polar surface area (TPSA) is 37.8 Å². The zero-order chi connectivity index (χ0) is 10.6. The third-order valence-corrected chi connectivity index (χ3v) is 3.40. The summed E-state index contributed by atoms with van der Waals surface area (Å²) < 4.78 is 0. The molecule has 0 spiro atoms. The van der Waals surface area contributed by atoms with Crippen LogP contribution in [0.3, 0.4) is 0 Å². The lowest BCUT2D eigenvalue weighted by atomic mass is 9.87. The summed E-state index contributed by atoms with van der Waals surface area (Å²) in [4.78, 5) is 8.64. The first-order valence-electron chi connectivity index (χ1n) is 5.89. The predicted octanol–water partition coefficient (Wildman–Crippen LogP) is 2.25. The van der Waals surface area contributed by atoms with Gasteiger partial charge in [-0.25, -0.2) is 0 Å². The van der Waals surface area contributed by atoms with Gasteiger partial charge in [0.25, 0.3) is 0 Å². The van der Waals surface area contributed by atoms with Crippen molar-refractivity contribution in [3.8, 4) is 0 Å². The summed E-state index contributed by atoms with van der Waals surface area (Å²) in [6, 6.07) is 0. The lowest BCUT2D eigenvalue weighted by Gasteiger charge is -2.31. The quantitative estimate of drug-likeness (QED) is 0.804. The Bertz CT molecular complexity index is 289. The highest BCUT2D eigenvalue weighted by Crippen LogP contribution is 2.30.